The van der Waals surface area contributed by atoms with Gasteiger partial charge in [-0.1, -0.05) is 18.2 Å². The Kier molecular flexibility index (Phi) is 4.39. The lowest BCUT2D eigenvalue weighted by molar-refractivity contribution is 0.0427. The third-order valence-electron chi connectivity index (χ3n) is 4.73. The molecule has 5 nitrogen and oxygen atoms in total. The van der Waals surface area contributed by atoms with Crippen molar-refractivity contribution in [1.29, 1.82) is 0 Å². The molecule has 1 amide bonds. The van der Waals surface area contributed by atoms with Crippen molar-refractivity contribution < 1.29 is 14.6 Å². The topological polar surface area (TPSA) is 61.8 Å². The highest BCUT2D eigenvalue weighted by molar-refractivity contribution is 9.10. The zero-order valence-corrected chi connectivity index (χ0v) is 15.2. The van der Waals surface area contributed by atoms with E-state index in [-0.39, 0.29) is 23.9 Å². The van der Waals surface area contributed by atoms with Gasteiger partial charge in [-0.2, -0.15) is 0 Å². The van der Waals surface area contributed by atoms with Crippen molar-refractivity contribution in [3.63, 3.8) is 0 Å². The molecule has 2 atom stereocenters. The predicted molar refractivity (Wildman–Crippen MR) is 98.6 cm³/mol. The maximum Gasteiger partial charge on any atom is 0.257 e. The molecule has 2 heterocycles. The second-order valence-electron chi connectivity index (χ2n) is 6.40. The lowest BCUT2D eigenvalue weighted by atomic mass is 10.0. The van der Waals surface area contributed by atoms with Gasteiger partial charge < -0.3 is 20.1 Å². The van der Waals surface area contributed by atoms with E-state index >= 15 is 0 Å². The molecule has 6 heteroatoms. The van der Waals surface area contributed by atoms with Crippen LogP contribution in [0.25, 0.3) is 0 Å². The molecule has 0 aromatic heterocycles. The van der Waals surface area contributed by atoms with Crippen LogP contribution in [-0.4, -0.2) is 35.2 Å². The highest BCUT2D eigenvalue weighted by Crippen LogP contribution is 2.36. The minimum absolute atomic E-state index is 0.000882. The van der Waals surface area contributed by atoms with Crippen LogP contribution < -0.4 is 5.32 Å². The second kappa shape index (κ2) is 6.69. The summed E-state index contributed by atoms with van der Waals surface area (Å²) in [6.45, 7) is 1.30. The van der Waals surface area contributed by atoms with Crippen LogP contribution in [-0.2, 0) is 4.74 Å². The molecule has 0 aliphatic carbocycles. The van der Waals surface area contributed by atoms with Crippen molar-refractivity contribution in [2.45, 2.75) is 25.1 Å². The lowest BCUT2D eigenvalue weighted by Gasteiger charge is -2.39. The molecule has 2 N–H and O–H groups in total. The number of benzene rings is 2. The number of halogens is 1. The lowest BCUT2D eigenvalue weighted by Crippen LogP contribution is -2.46. The SMILES string of the molecule is O=C1c2ccccc2NC(c2ccc(O)c(Br)c2)N1CC1CCCO1. The fraction of sp³-hybridized carbons (Fsp3) is 0.316. The van der Waals surface area contributed by atoms with Crippen molar-refractivity contribution in [3.8, 4) is 5.75 Å². The van der Waals surface area contributed by atoms with Gasteiger partial charge in [-0.15, -0.1) is 0 Å². The zero-order valence-electron chi connectivity index (χ0n) is 13.6. The number of nitrogens with zero attached hydrogens (tertiary/aromatic N) is 1. The van der Waals surface area contributed by atoms with Crippen molar-refractivity contribution in [2.24, 2.45) is 0 Å². The summed E-state index contributed by atoms with van der Waals surface area (Å²) in [6.07, 6.45) is 1.77. The number of rotatable bonds is 3. The van der Waals surface area contributed by atoms with Gasteiger partial charge in [0.25, 0.3) is 5.91 Å². The number of ether oxygens (including phenoxy) is 1. The van der Waals surface area contributed by atoms with Gasteiger partial charge in [-0.3, -0.25) is 4.79 Å². The average Bonchev–Trinajstić information content (AvgIpc) is 3.13. The number of para-hydroxylation sites is 1. The molecule has 2 aromatic rings. The van der Waals surface area contributed by atoms with E-state index in [0.717, 1.165) is 30.7 Å². The molecule has 2 aromatic carbocycles. The Balaban J connectivity index is 1.72. The number of phenolic OH excluding ortho intramolecular Hbond substituents is 1. The van der Waals surface area contributed by atoms with Crippen LogP contribution in [0.4, 0.5) is 5.69 Å². The average molecular weight is 403 g/mol. The number of carbonyl (C=O) groups is 1. The number of hydrogen-bond acceptors (Lipinski definition) is 4. The monoisotopic (exact) mass is 402 g/mol. The van der Waals surface area contributed by atoms with Crippen molar-refractivity contribution >= 4 is 27.5 Å². The van der Waals surface area contributed by atoms with Crippen LogP contribution in [0, 0.1) is 0 Å². The molecule has 2 aliphatic heterocycles. The van der Waals surface area contributed by atoms with Gasteiger partial charge in [-0.05, 0) is 58.6 Å². The fourth-order valence-electron chi connectivity index (χ4n) is 3.45. The maximum atomic E-state index is 13.1. The third kappa shape index (κ3) is 3.12. The molecule has 0 radical (unpaired) electrons. The van der Waals surface area contributed by atoms with Gasteiger partial charge in [0.1, 0.15) is 11.9 Å². The van der Waals surface area contributed by atoms with E-state index in [2.05, 4.69) is 21.2 Å². The summed E-state index contributed by atoms with van der Waals surface area (Å²) in [5.74, 6) is 0.177. The smallest absolute Gasteiger partial charge is 0.257 e. The molecular formula is C19H19BrN2O3. The van der Waals surface area contributed by atoms with Gasteiger partial charge in [-0.25, -0.2) is 0 Å². The summed E-state index contributed by atoms with van der Waals surface area (Å²) in [6, 6.07) is 12.9. The van der Waals surface area contributed by atoms with E-state index in [1.165, 1.54) is 0 Å². The molecule has 0 saturated carbocycles. The third-order valence-corrected chi connectivity index (χ3v) is 5.37. The van der Waals surface area contributed by atoms with Crippen LogP contribution in [0.3, 0.4) is 0 Å². The first-order valence-electron chi connectivity index (χ1n) is 8.40. The summed E-state index contributed by atoms with van der Waals surface area (Å²) in [5.41, 5.74) is 2.41. The fourth-order valence-corrected chi connectivity index (χ4v) is 3.84. The number of nitrogens with one attached hydrogen (secondary N) is 1. The predicted octanol–water partition coefficient (Wildman–Crippen LogP) is 3.90. The van der Waals surface area contributed by atoms with Crippen LogP contribution in [0.5, 0.6) is 5.75 Å². The molecule has 1 fully saturated rings. The Bertz CT molecular complexity index is 805. The van der Waals surface area contributed by atoms with E-state index in [1.54, 1.807) is 6.07 Å². The number of fused-ring (bicyclic) bond motifs is 1. The summed E-state index contributed by atoms with van der Waals surface area (Å²) >= 11 is 3.36. The normalized spacial score (nSPS) is 22.6. The first-order valence-corrected chi connectivity index (χ1v) is 9.19. The van der Waals surface area contributed by atoms with E-state index in [0.29, 0.717) is 16.6 Å². The first kappa shape index (κ1) is 16.4. The molecule has 0 bridgehead atoms. The molecule has 1 saturated heterocycles. The zero-order chi connectivity index (χ0) is 17.4. The second-order valence-corrected chi connectivity index (χ2v) is 7.25. The standard InChI is InChI=1S/C19H19BrN2O3/c20-15-10-12(7-8-17(15)23)18-21-16-6-2-1-5-14(16)19(24)22(18)11-13-4-3-9-25-13/h1-2,5-8,10,13,18,21,23H,3-4,9,11H2. The Hall–Kier alpha value is -2.05. The minimum Gasteiger partial charge on any atom is -0.507 e. The number of phenols is 1. The Morgan fingerprint density at radius 3 is 2.88 bits per heavy atom. The molecule has 2 unspecified atom stereocenters. The van der Waals surface area contributed by atoms with Crippen LogP contribution >= 0.6 is 15.9 Å². The number of hydrogen-bond donors (Lipinski definition) is 2. The molecule has 130 valence electrons. The Morgan fingerprint density at radius 1 is 1.28 bits per heavy atom. The van der Waals surface area contributed by atoms with Gasteiger partial charge >= 0.3 is 0 Å². The number of aromatic hydroxyl groups is 1. The number of carbonyl (C=O) groups excluding carboxylic acids is 1. The summed E-state index contributed by atoms with van der Waals surface area (Å²) in [4.78, 5) is 14.9. The van der Waals surface area contributed by atoms with E-state index in [9.17, 15) is 9.90 Å². The summed E-state index contributed by atoms with van der Waals surface area (Å²) in [7, 11) is 0. The highest BCUT2D eigenvalue weighted by atomic mass is 79.9. The van der Waals surface area contributed by atoms with Crippen molar-refractivity contribution in [2.75, 3.05) is 18.5 Å². The Labute approximate surface area is 154 Å². The minimum atomic E-state index is -0.302. The van der Waals surface area contributed by atoms with Crippen LogP contribution in [0.2, 0.25) is 0 Å². The first-order chi connectivity index (χ1) is 12.1. The van der Waals surface area contributed by atoms with Gasteiger partial charge in [0, 0.05) is 18.8 Å². The molecular weight excluding hydrogens is 384 g/mol. The van der Waals surface area contributed by atoms with E-state index in [1.807, 2.05) is 41.3 Å². The largest absolute Gasteiger partial charge is 0.507 e. The van der Waals surface area contributed by atoms with Crippen LogP contribution in [0.15, 0.2) is 46.9 Å². The van der Waals surface area contributed by atoms with E-state index in [4.69, 9.17) is 4.74 Å². The van der Waals surface area contributed by atoms with Gasteiger partial charge in [0.2, 0.25) is 0 Å². The van der Waals surface area contributed by atoms with Gasteiger partial charge in [0.05, 0.1) is 16.1 Å². The van der Waals surface area contributed by atoms with Gasteiger partial charge in [0.15, 0.2) is 0 Å². The highest BCUT2D eigenvalue weighted by Gasteiger charge is 2.35. The molecule has 25 heavy (non-hydrogen) atoms. The Morgan fingerprint density at radius 2 is 2.12 bits per heavy atom. The van der Waals surface area contributed by atoms with Crippen molar-refractivity contribution in [1.82, 2.24) is 4.90 Å². The van der Waals surface area contributed by atoms with E-state index < -0.39 is 0 Å². The number of anilines is 1. The summed E-state index contributed by atoms with van der Waals surface area (Å²) < 4.78 is 6.35. The summed E-state index contributed by atoms with van der Waals surface area (Å²) in [5, 5.41) is 13.2. The van der Waals surface area contributed by atoms with Crippen LogP contribution in [0.1, 0.15) is 34.9 Å². The molecule has 0 spiro atoms. The molecule has 4 rings (SSSR count). The quantitative estimate of drug-likeness (QED) is 0.816. The van der Waals surface area contributed by atoms with Crippen molar-refractivity contribution in [3.05, 3.63) is 58.1 Å². The molecule has 2 aliphatic rings. The maximum absolute atomic E-state index is 13.1. The number of amides is 1.